The van der Waals surface area contributed by atoms with Gasteiger partial charge in [0.2, 0.25) is 0 Å². The molecule has 0 aliphatic rings. The van der Waals surface area contributed by atoms with E-state index < -0.39 is 17.6 Å². The van der Waals surface area contributed by atoms with Crippen molar-refractivity contribution in [2.24, 2.45) is 11.5 Å². The Kier molecular flexibility index (Phi) is 5.75. The molecule has 0 saturated heterocycles. The van der Waals surface area contributed by atoms with E-state index in [2.05, 4.69) is 0 Å². The number of rotatable bonds is 3. The Morgan fingerprint density at radius 1 is 1.50 bits per heavy atom. The van der Waals surface area contributed by atoms with Crippen LogP contribution in [0, 0.1) is 17.1 Å². The molecule has 0 unspecified atom stereocenters. The molecule has 0 amide bonds. The van der Waals surface area contributed by atoms with Gasteiger partial charge >= 0.3 is 0 Å². The maximum Gasteiger partial charge on any atom is 0.166 e. The van der Waals surface area contributed by atoms with Gasteiger partial charge in [-0.05, 0) is 25.1 Å². The molecule has 0 spiro atoms. The van der Waals surface area contributed by atoms with E-state index in [1.54, 1.807) is 6.07 Å². The molecule has 1 aromatic carbocycles. The van der Waals surface area contributed by atoms with Crippen LogP contribution in [0.2, 0.25) is 0 Å². The van der Waals surface area contributed by atoms with Crippen LogP contribution < -0.4 is 11.5 Å². The monoisotopic (exact) mass is 245 g/mol. The fourth-order valence-corrected chi connectivity index (χ4v) is 1.30. The third-order valence-electron chi connectivity index (χ3n) is 2.10. The van der Waals surface area contributed by atoms with Gasteiger partial charge in [-0.25, -0.2) is 4.39 Å². The molecule has 0 aliphatic heterocycles. The maximum atomic E-state index is 13.1. The third kappa shape index (κ3) is 3.07. The Balaban J connectivity index is 0.00000225. The normalized spacial score (nSPS) is 11.4. The summed E-state index contributed by atoms with van der Waals surface area (Å²) in [6.45, 7) is 0.332. The summed E-state index contributed by atoms with van der Waals surface area (Å²) in [6.07, 6.45) is 0.419. The zero-order valence-corrected chi connectivity index (χ0v) is 9.30. The lowest BCUT2D eigenvalue weighted by molar-refractivity contribution is 0.419. The highest BCUT2D eigenvalue weighted by molar-refractivity contribution is 5.85. The largest absolute Gasteiger partial charge is 0.505 e. The number of nitriles is 1. The molecule has 0 fully saturated rings. The lowest BCUT2D eigenvalue weighted by Gasteiger charge is -2.13. The van der Waals surface area contributed by atoms with Gasteiger partial charge in [-0.2, -0.15) is 5.26 Å². The zero-order chi connectivity index (χ0) is 11.4. The van der Waals surface area contributed by atoms with Gasteiger partial charge in [-0.3, -0.25) is 0 Å². The summed E-state index contributed by atoms with van der Waals surface area (Å²) >= 11 is 0. The van der Waals surface area contributed by atoms with Crippen molar-refractivity contribution in [2.75, 3.05) is 6.54 Å². The highest BCUT2D eigenvalue weighted by Crippen LogP contribution is 2.28. The summed E-state index contributed by atoms with van der Waals surface area (Å²) < 4.78 is 13.1. The molecule has 0 aliphatic carbocycles. The van der Waals surface area contributed by atoms with Crippen molar-refractivity contribution in [3.63, 3.8) is 0 Å². The summed E-state index contributed by atoms with van der Waals surface area (Å²) in [4.78, 5) is 0. The Bertz CT molecular complexity index is 406. The first-order valence-corrected chi connectivity index (χ1v) is 4.48. The molecule has 0 radical (unpaired) electrons. The number of nitrogens with two attached hydrogens (primary N) is 2. The van der Waals surface area contributed by atoms with E-state index >= 15 is 0 Å². The first kappa shape index (κ1) is 14.6. The maximum absolute atomic E-state index is 13.1. The number of benzene rings is 1. The number of nitrogens with zero attached hydrogens (tertiary/aromatic N) is 1. The second-order valence-corrected chi connectivity index (χ2v) is 3.19. The first-order valence-electron chi connectivity index (χ1n) is 4.48. The van der Waals surface area contributed by atoms with Gasteiger partial charge in [0.15, 0.2) is 11.6 Å². The number of aromatic hydroxyl groups is 1. The van der Waals surface area contributed by atoms with Crippen molar-refractivity contribution >= 4 is 12.4 Å². The third-order valence-corrected chi connectivity index (χ3v) is 2.10. The van der Waals surface area contributed by atoms with Crippen LogP contribution in [-0.4, -0.2) is 11.7 Å². The van der Waals surface area contributed by atoms with E-state index in [9.17, 15) is 9.50 Å². The molecular weight excluding hydrogens is 233 g/mol. The molecule has 1 aromatic rings. The highest BCUT2D eigenvalue weighted by atomic mass is 35.5. The Hall–Kier alpha value is -1.35. The van der Waals surface area contributed by atoms with E-state index in [1.807, 2.05) is 0 Å². The van der Waals surface area contributed by atoms with E-state index in [-0.39, 0.29) is 23.5 Å². The SMILES string of the molecule is Cl.N#Cc1cc(F)c(O)c([C@H](N)CCN)c1. The minimum Gasteiger partial charge on any atom is -0.505 e. The van der Waals surface area contributed by atoms with Crippen LogP contribution in [0.3, 0.4) is 0 Å². The van der Waals surface area contributed by atoms with Gasteiger partial charge in [0.05, 0.1) is 11.6 Å². The molecular formula is C10H13ClFN3O. The Morgan fingerprint density at radius 2 is 2.12 bits per heavy atom. The smallest absolute Gasteiger partial charge is 0.166 e. The van der Waals surface area contributed by atoms with Gasteiger partial charge in [0, 0.05) is 11.6 Å². The fourth-order valence-electron chi connectivity index (χ4n) is 1.30. The number of halogens is 2. The van der Waals surface area contributed by atoms with Crippen molar-refractivity contribution in [3.05, 3.63) is 29.1 Å². The lowest BCUT2D eigenvalue weighted by Crippen LogP contribution is -2.16. The molecule has 6 heteroatoms. The molecule has 0 bridgehead atoms. The predicted molar refractivity (Wildman–Crippen MR) is 60.6 cm³/mol. The summed E-state index contributed by atoms with van der Waals surface area (Å²) in [5.41, 5.74) is 11.3. The molecule has 0 heterocycles. The summed E-state index contributed by atoms with van der Waals surface area (Å²) in [7, 11) is 0. The number of phenolic OH excluding ortho intramolecular Hbond substituents is 1. The second-order valence-electron chi connectivity index (χ2n) is 3.19. The average molecular weight is 246 g/mol. The van der Waals surface area contributed by atoms with Gasteiger partial charge in [-0.15, -0.1) is 12.4 Å². The van der Waals surface area contributed by atoms with Gasteiger partial charge in [0.1, 0.15) is 0 Å². The van der Waals surface area contributed by atoms with E-state index in [1.165, 1.54) is 6.07 Å². The summed E-state index contributed by atoms with van der Waals surface area (Å²) in [6, 6.07) is 3.58. The van der Waals surface area contributed by atoms with E-state index in [0.29, 0.717) is 13.0 Å². The quantitative estimate of drug-likeness (QED) is 0.745. The van der Waals surface area contributed by atoms with E-state index in [4.69, 9.17) is 16.7 Å². The molecule has 1 rings (SSSR count). The van der Waals surface area contributed by atoms with E-state index in [0.717, 1.165) is 6.07 Å². The first-order chi connectivity index (χ1) is 7.10. The lowest BCUT2D eigenvalue weighted by atomic mass is 10.0. The summed E-state index contributed by atoms with van der Waals surface area (Å²) in [5.74, 6) is -1.34. The van der Waals surface area contributed by atoms with Gasteiger partial charge in [0.25, 0.3) is 0 Å². The van der Waals surface area contributed by atoms with Crippen LogP contribution in [-0.2, 0) is 0 Å². The van der Waals surface area contributed by atoms with Crippen molar-refractivity contribution in [2.45, 2.75) is 12.5 Å². The predicted octanol–water partition coefficient (Wildman–Crippen LogP) is 1.17. The molecule has 16 heavy (non-hydrogen) atoms. The standard InChI is InChI=1S/C10H12FN3O.ClH/c11-8-4-6(5-13)3-7(10(8)15)9(14)1-2-12;/h3-4,9,15H,1-2,12,14H2;1H/t9-;/m1./s1. The molecule has 0 saturated carbocycles. The van der Waals surface area contributed by atoms with Crippen LogP contribution in [0.1, 0.15) is 23.6 Å². The minimum atomic E-state index is -0.837. The van der Waals surface area contributed by atoms with Crippen LogP contribution in [0.5, 0.6) is 5.75 Å². The van der Waals surface area contributed by atoms with Crippen molar-refractivity contribution in [1.29, 1.82) is 5.26 Å². The van der Waals surface area contributed by atoms with Crippen LogP contribution >= 0.6 is 12.4 Å². The summed E-state index contributed by atoms with van der Waals surface area (Å²) in [5, 5.41) is 18.0. The van der Waals surface area contributed by atoms with Crippen LogP contribution in [0.4, 0.5) is 4.39 Å². The highest BCUT2D eigenvalue weighted by Gasteiger charge is 2.15. The van der Waals surface area contributed by atoms with Crippen molar-refractivity contribution < 1.29 is 9.50 Å². The fraction of sp³-hybridized carbons (Fsp3) is 0.300. The molecule has 88 valence electrons. The number of hydrogen-bond donors (Lipinski definition) is 3. The minimum absolute atomic E-state index is 0. The van der Waals surface area contributed by atoms with Crippen LogP contribution in [0.25, 0.3) is 0 Å². The van der Waals surface area contributed by atoms with Crippen molar-refractivity contribution in [3.8, 4) is 11.8 Å². The van der Waals surface area contributed by atoms with Crippen molar-refractivity contribution in [1.82, 2.24) is 0 Å². The Morgan fingerprint density at radius 3 is 2.62 bits per heavy atom. The second kappa shape index (κ2) is 6.28. The zero-order valence-electron chi connectivity index (χ0n) is 8.48. The van der Waals surface area contributed by atoms with Crippen LogP contribution in [0.15, 0.2) is 12.1 Å². The molecule has 4 nitrogen and oxygen atoms in total. The molecule has 0 aromatic heterocycles. The van der Waals surface area contributed by atoms with Gasteiger partial charge < -0.3 is 16.6 Å². The topological polar surface area (TPSA) is 96.1 Å². The van der Waals surface area contributed by atoms with Gasteiger partial charge in [-0.1, -0.05) is 0 Å². The molecule has 1 atom stereocenters. The number of phenols is 1. The molecule has 5 N–H and O–H groups in total. The number of hydrogen-bond acceptors (Lipinski definition) is 4. The Labute approximate surface area is 99.1 Å². The average Bonchev–Trinajstić information content (AvgIpc) is 2.22.